The van der Waals surface area contributed by atoms with Crippen LogP contribution < -0.4 is 0 Å². The molecule has 0 aromatic carbocycles. The van der Waals surface area contributed by atoms with E-state index in [1.54, 1.807) is 4.90 Å². The van der Waals surface area contributed by atoms with Crippen LogP contribution in [0.3, 0.4) is 0 Å². The fourth-order valence-electron chi connectivity index (χ4n) is 2.63. The number of rotatable bonds is 3. The van der Waals surface area contributed by atoms with E-state index >= 15 is 0 Å². The molecule has 0 unspecified atom stereocenters. The zero-order valence-electron chi connectivity index (χ0n) is 12.1. The summed E-state index contributed by atoms with van der Waals surface area (Å²) in [5.41, 5.74) is 0.810. The van der Waals surface area contributed by atoms with Gasteiger partial charge in [0.15, 0.2) is 0 Å². The predicted octanol–water partition coefficient (Wildman–Crippen LogP) is 1.82. The Morgan fingerprint density at radius 2 is 2.32 bits per heavy atom. The third-order valence-electron chi connectivity index (χ3n) is 3.76. The average molecular weight is 265 g/mol. The van der Waals surface area contributed by atoms with E-state index < -0.39 is 0 Å². The molecule has 1 fully saturated rings. The first-order valence-corrected chi connectivity index (χ1v) is 6.95. The molecular weight excluding hydrogens is 242 g/mol. The van der Waals surface area contributed by atoms with E-state index in [1.165, 1.54) is 12.8 Å². The van der Waals surface area contributed by atoms with Crippen LogP contribution in [0.2, 0.25) is 0 Å². The zero-order valence-corrected chi connectivity index (χ0v) is 12.1. The van der Waals surface area contributed by atoms with E-state index in [9.17, 15) is 4.79 Å². The van der Waals surface area contributed by atoms with Crippen LogP contribution in [0.4, 0.5) is 0 Å². The van der Waals surface area contributed by atoms with Gasteiger partial charge in [0, 0.05) is 13.1 Å². The Kier molecular flexibility index (Phi) is 4.58. The average Bonchev–Trinajstić information content (AvgIpc) is 2.66. The van der Waals surface area contributed by atoms with Gasteiger partial charge in [0.05, 0.1) is 12.6 Å². The molecule has 5 nitrogen and oxygen atoms in total. The SMILES string of the molecule is Cc1cc(CN(C)C(=O)[C@@H]2CCCCCN2C)no1. The maximum absolute atomic E-state index is 12.5. The number of hydrogen-bond acceptors (Lipinski definition) is 4. The number of hydrogen-bond donors (Lipinski definition) is 0. The molecule has 1 saturated heterocycles. The molecule has 1 aromatic rings. The number of carbonyl (C=O) groups excluding carboxylic acids is 1. The molecule has 0 bridgehead atoms. The summed E-state index contributed by atoms with van der Waals surface area (Å²) >= 11 is 0. The Morgan fingerprint density at radius 3 is 3.00 bits per heavy atom. The van der Waals surface area contributed by atoms with Crippen molar-refractivity contribution in [2.75, 3.05) is 20.6 Å². The lowest BCUT2D eigenvalue weighted by Crippen LogP contribution is -2.45. The van der Waals surface area contributed by atoms with Gasteiger partial charge in [-0.25, -0.2) is 0 Å². The maximum atomic E-state index is 12.5. The molecule has 5 heteroatoms. The number of amides is 1. The van der Waals surface area contributed by atoms with E-state index in [1.807, 2.05) is 27.1 Å². The van der Waals surface area contributed by atoms with Crippen LogP contribution in [0.5, 0.6) is 0 Å². The molecule has 0 radical (unpaired) electrons. The molecule has 0 saturated carbocycles. The number of aryl methyl sites for hydroxylation is 1. The largest absolute Gasteiger partial charge is 0.361 e. The molecule has 0 N–H and O–H groups in total. The van der Waals surface area contributed by atoms with Crippen molar-refractivity contribution in [2.24, 2.45) is 0 Å². The molecular formula is C14H23N3O2. The monoisotopic (exact) mass is 265 g/mol. The molecule has 0 spiro atoms. The Hall–Kier alpha value is -1.36. The lowest BCUT2D eigenvalue weighted by molar-refractivity contribution is -0.135. The van der Waals surface area contributed by atoms with Crippen LogP contribution in [0.15, 0.2) is 10.6 Å². The van der Waals surface area contributed by atoms with Gasteiger partial charge in [0.25, 0.3) is 0 Å². The summed E-state index contributed by atoms with van der Waals surface area (Å²) in [6.07, 6.45) is 4.50. The number of nitrogens with zero attached hydrogens (tertiary/aromatic N) is 3. The van der Waals surface area contributed by atoms with Crippen LogP contribution >= 0.6 is 0 Å². The molecule has 0 aliphatic carbocycles. The van der Waals surface area contributed by atoms with Crippen LogP contribution in [-0.2, 0) is 11.3 Å². The van der Waals surface area contributed by atoms with Crippen LogP contribution in [0.1, 0.15) is 37.1 Å². The van der Waals surface area contributed by atoms with E-state index in [0.29, 0.717) is 6.54 Å². The first-order chi connectivity index (χ1) is 9.08. The molecule has 1 atom stereocenters. The molecule has 1 amide bonds. The second-order valence-corrected chi connectivity index (χ2v) is 5.47. The van der Waals surface area contributed by atoms with E-state index in [2.05, 4.69) is 10.1 Å². The van der Waals surface area contributed by atoms with Gasteiger partial charge in [-0.15, -0.1) is 0 Å². The smallest absolute Gasteiger partial charge is 0.240 e. The lowest BCUT2D eigenvalue weighted by Gasteiger charge is -2.28. The van der Waals surface area contributed by atoms with Crippen molar-refractivity contribution in [3.63, 3.8) is 0 Å². The summed E-state index contributed by atoms with van der Waals surface area (Å²) in [4.78, 5) is 16.4. The molecule has 1 aliphatic heterocycles. The number of likely N-dealkylation sites (N-methyl/N-ethyl adjacent to an activating group) is 2. The van der Waals surface area contributed by atoms with Crippen molar-refractivity contribution in [1.82, 2.24) is 15.0 Å². The molecule has 19 heavy (non-hydrogen) atoms. The van der Waals surface area contributed by atoms with Crippen molar-refractivity contribution in [2.45, 2.75) is 45.2 Å². The van der Waals surface area contributed by atoms with E-state index in [0.717, 1.165) is 30.8 Å². The van der Waals surface area contributed by atoms with Gasteiger partial charge < -0.3 is 9.42 Å². The fraction of sp³-hybridized carbons (Fsp3) is 0.714. The predicted molar refractivity (Wildman–Crippen MR) is 72.6 cm³/mol. The molecule has 2 rings (SSSR count). The second kappa shape index (κ2) is 6.19. The van der Waals surface area contributed by atoms with Crippen LogP contribution in [0.25, 0.3) is 0 Å². The first-order valence-electron chi connectivity index (χ1n) is 6.95. The van der Waals surface area contributed by atoms with Gasteiger partial charge in [-0.05, 0) is 33.4 Å². The summed E-state index contributed by atoms with van der Waals surface area (Å²) in [7, 11) is 3.88. The van der Waals surface area contributed by atoms with Crippen molar-refractivity contribution in [3.05, 3.63) is 17.5 Å². The zero-order chi connectivity index (χ0) is 13.8. The van der Waals surface area contributed by atoms with Crippen LogP contribution in [-0.4, -0.2) is 47.5 Å². The fourth-order valence-corrected chi connectivity index (χ4v) is 2.63. The van der Waals surface area contributed by atoms with Gasteiger partial charge in [-0.2, -0.15) is 0 Å². The Balaban J connectivity index is 1.97. The number of aromatic nitrogens is 1. The minimum Gasteiger partial charge on any atom is -0.361 e. The summed E-state index contributed by atoms with van der Waals surface area (Å²) in [6.45, 7) is 3.38. The number of likely N-dealkylation sites (tertiary alicyclic amines) is 1. The van der Waals surface area contributed by atoms with Gasteiger partial charge in [-0.1, -0.05) is 18.0 Å². The highest BCUT2D eigenvalue weighted by Crippen LogP contribution is 2.17. The lowest BCUT2D eigenvalue weighted by atomic mass is 10.1. The normalized spacial score (nSPS) is 21.1. The molecule has 2 heterocycles. The third-order valence-corrected chi connectivity index (χ3v) is 3.76. The first kappa shape index (κ1) is 14.1. The van der Waals surface area contributed by atoms with Crippen LogP contribution in [0, 0.1) is 6.92 Å². The van der Waals surface area contributed by atoms with Gasteiger partial charge in [-0.3, -0.25) is 9.69 Å². The topological polar surface area (TPSA) is 49.6 Å². The minimum atomic E-state index is 0.0143. The van der Waals surface area contributed by atoms with Crippen molar-refractivity contribution < 1.29 is 9.32 Å². The second-order valence-electron chi connectivity index (χ2n) is 5.47. The highest BCUT2D eigenvalue weighted by atomic mass is 16.5. The van der Waals surface area contributed by atoms with E-state index in [-0.39, 0.29) is 11.9 Å². The Bertz CT molecular complexity index is 430. The van der Waals surface area contributed by atoms with Crippen molar-refractivity contribution >= 4 is 5.91 Å². The molecule has 1 aromatic heterocycles. The summed E-state index contributed by atoms with van der Waals surface area (Å²) in [6, 6.07) is 1.89. The summed E-state index contributed by atoms with van der Waals surface area (Å²) in [5, 5.41) is 3.94. The highest BCUT2D eigenvalue weighted by Gasteiger charge is 2.27. The standard InChI is InChI=1S/C14H23N3O2/c1-11-9-12(15-19-11)10-17(3)14(18)13-7-5-4-6-8-16(13)2/h9,13H,4-8,10H2,1-3H3/t13-/m0/s1. The third kappa shape index (κ3) is 3.56. The number of carbonyl (C=O) groups is 1. The van der Waals surface area contributed by atoms with Crippen molar-refractivity contribution in [3.8, 4) is 0 Å². The molecule has 106 valence electrons. The van der Waals surface area contributed by atoms with E-state index in [4.69, 9.17) is 4.52 Å². The van der Waals surface area contributed by atoms with Gasteiger partial charge in [0.2, 0.25) is 5.91 Å². The van der Waals surface area contributed by atoms with Gasteiger partial charge >= 0.3 is 0 Å². The Morgan fingerprint density at radius 1 is 1.53 bits per heavy atom. The van der Waals surface area contributed by atoms with Gasteiger partial charge in [0.1, 0.15) is 11.5 Å². The summed E-state index contributed by atoms with van der Waals surface area (Å²) in [5.74, 6) is 0.965. The minimum absolute atomic E-state index is 0.0143. The molecule has 1 aliphatic rings. The van der Waals surface area contributed by atoms with Crippen molar-refractivity contribution in [1.29, 1.82) is 0 Å². The Labute approximate surface area is 114 Å². The maximum Gasteiger partial charge on any atom is 0.240 e. The quantitative estimate of drug-likeness (QED) is 0.836. The highest BCUT2D eigenvalue weighted by molar-refractivity contribution is 5.81. The summed E-state index contributed by atoms with van der Waals surface area (Å²) < 4.78 is 5.03.